The smallest absolute Gasteiger partial charge is 0.0710 e. The number of hydrogen-bond donors (Lipinski definition) is 0. The van der Waals surface area contributed by atoms with Crippen molar-refractivity contribution in [2.24, 2.45) is 9.98 Å². The molecule has 0 bridgehead atoms. The van der Waals surface area contributed by atoms with Gasteiger partial charge in [0.25, 0.3) is 0 Å². The highest BCUT2D eigenvalue weighted by Crippen LogP contribution is 2.01. The Morgan fingerprint density at radius 3 is 3.00 bits per heavy atom. The Morgan fingerprint density at radius 2 is 2.45 bits per heavy atom. The van der Waals surface area contributed by atoms with Crippen LogP contribution in [0.2, 0.25) is 0 Å². The van der Waals surface area contributed by atoms with E-state index in [-0.39, 0.29) is 0 Å². The lowest BCUT2D eigenvalue weighted by Gasteiger charge is -1.90. The van der Waals surface area contributed by atoms with Crippen LogP contribution >= 0.6 is 11.8 Å². The van der Waals surface area contributed by atoms with Crippen LogP contribution in [-0.4, -0.2) is 17.5 Å². The van der Waals surface area contributed by atoms with Crippen LogP contribution in [0.4, 0.5) is 0 Å². The minimum Gasteiger partial charge on any atom is -0.271 e. The summed E-state index contributed by atoms with van der Waals surface area (Å²) in [6, 6.07) is 0. The fraction of sp³-hybridized carbons (Fsp3) is 0.250. The van der Waals surface area contributed by atoms with Gasteiger partial charge in [0.05, 0.1) is 10.8 Å². The second-order valence-electron chi connectivity index (χ2n) is 1.62. The van der Waals surface area contributed by atoms with Gasteiger partial charge in [-0.1, -0.05) is 17.7 Å². The van der Waals surface area contributed by atoms with E-state index in [4.69, 9.17) is 6.42 Å². The van der Waals surface area contributed by atoms with E-state index in [2.05, 4.69) is 22.6 Å². The number of aliphatic imine (C=N–C) groups is 2. The SMILES string of the molecule is C#CCS/C(C)=N/C=C\N=C. The topological polar surface area (TPSA) is 24.7 Å². The molecule has 11 heavy (non-hydrogen) atoms. The molecule has 3 heteroatoms. The number of thioether (sulfide) groups is 1. The van der Waals surface area contributed by atoms with Crippen LogP contribution in [0.3, 0.4) is 0 Å². The molecule has 0 aromatic rings. The maximum atomic E-state index is 5.06. The molecule has 0 heterocycles. The number of nitrogens with zero attached hydrogens (tertiary/aromatic N) is 2. The lowest BCUT2D eigenvalue weighted by Crippen LogP contribution is -1.82. The van der Waals surface area contributed by atoms with Crippen molar-refractivity contribution in [1.29, 1.82) is 0 Å². The summed E-state index contributed by atoms with van der Waals surface area (Å²) in [7, 11) is 0. The molecule has 0 aliphatic rings. The molecule has 0 unspecified atom stereocenters. The van der Waals surface area contributed by atoms with Crippen molar-refractivity contribution in [2.75, 3.05) is 5.75 Å². The molecule has 0 aromatic heterocycles. The molecule has 0 rings (SSSR count). The van der Waals surface area contributed by atoms with E-state index in [1.54, 1.807) is 6.20 Å². The molecule has 0 saturated heterocycles. The molecule has 0 aliphatic heterocycles. The summed E-state index contributed by atoms with van der Waals surface area (Å²) in [5, 5.41) is 0.933. The third-order valence-electron chi connectivity index (χ3n) is 0.793. The summed E-state index contributed by atoms with van der Waals surface area (Å²) in [6.45, 7) is 5.17. The summed E-state index contributed by atoms with van der Waals surface area (Å²) >= 11 is 1.53. The minimum atomic E-state index is 0.657. The summed E-state index contributed by atoms with van der Waals surface area (Å²) in [6.07, 6.45) is 8.18. The van der Waals surface area contributed by atoms with Crippen LogP contribution in [0.5, 0.6) is 0 Å². The first-order valence-electron chi connectivity index (χ1n) is 3.02. The zero-order chi connectivity index (χ0) is 8.53. The zero-order valence-corrected chi connectivity index (χ0v) is 7.27. The number of rotatable bonds is 3. The molecule has 58 valence electrons. The molecule has 0 aromatic carbocycles. The number of hydrogen-bond acceptors (Lipinski definition) is 3. The monoisotopic (exact) mass is 166 g/mol. The van der Waals surface area contributed by atoms with E-state index in [9.17, 15) is 0 Å². The van der Waals surface area contributed by atoms with Crippen LogP contribution in [0.15, 0.2) is 22.4 Å². The molecule has 0 atom stereocenters. The van der Waals surface area contributed by atoms with E-state index in [1.807, 2.05) is 6.92 Å². The average Bonchev–Trinajstić information content (AvgIpc) is 2.01. The molecular weight excluding hydrogens is 156 g/mol. The molecule has 2 nitrogen and oxygen atoms in total. The fourth-order valence-corrected chi connectivity index (χ4v) is 0.796. The van der Waals surface area contributed by atoms with Gasteiger partial charge in [-0.05, 0) is 13.6 Å². The third kappa shape index (κ3) is 6.88. The van der Waals surface area contributed by atoms with E-state index in [0.717, 1.165) is 5.04 Å². The number of terminal acetylenes is 1. The molecule has 0 radical (unpaired) electrons. The predicted octanol–water partition coefficient (Wildman–Crippen LogP) is 1.94. The van der Waals surface area contributed by atoms with Gasteiger partial charge in [0, 0.05) is 12.4 Å². The molecule has 0 N–H and O–H groups in total. The molecule has 0 spiro atoms. The summed E-state index contributed by atoms with van der Waals surface area (Å²) in [5.41, 5.74) is 0. The maximum Gasteiger partial charge on any atom is 0.0710 e. The lowest BCUT2D eigenvalue weighted by atomic mass is 10.8. The largest absolute Gasteiger partial charge is 0.271 e. The Kier molecular flexibility index (Phi) is 6.45. The van der Waals surface area contributed by atoms with Gasteiger partial charge in [-0.3, -0.25) is 9.98 Å². The van der Waals surface area contributed by atoms with Crippen LogP contribution in [0.25, 0.3) is 0 Å². The zero-order valence-electron chi connectivity index (χ0n) is 6.45. The van der Waals surface area contributed by atoms with Crippen molar-refractivity contribution < 1.29 is 0 Å². The molecule has 0 amide bonds. The highest BCUT2D eigenvalue weighted by Gasteiger charge is 1.85. The standard InChI is InChI=1S/C8H10N2S/c1-4-7-11-8(2)10-6-5-9-3/h1,5-6H,3,7H2,2H3/b6-5-,10-8+. The quantitative estimate of drug-likeness (QED) is 0.357. The van der Waals surface area contributed by atoms with Crippen LogP contribution in [0.1, 0.15) is 6.92 Å². The first kappa shape index (κ1) is 9.99. The van der Waals surface area contributed by atoms with Gasteiger partial charge in [0.15, 0.2) is 0 Å². The van der Waals surface area contributed by atoms with Crippen molar-refractivity contribution in [3.63, 3.8) is 0 Å². The molecule has 0 aliphatic carbocycles. The molecule has 0 fully saturated rings. The highest BCUT2D eigenvalue weighted by molar-refractivity contribution is 8.14. The molecule has 0 saturated carbocycles. The van der Waals surface area contributed by atoms with Crippen LogP contribution < -0.4 is 0 Å². The Morgan fingerprint density at radius 1 is 1.73 bits per heavy atom. The second kappa shape index (κ2) is 7.10. The van der Waals surface area contributed by atoms with Gasteiger partial charge < -0.3 is 0 Å². The Balaban J connectivity index is 3.72. The van der Waals surface area contributed by atoms with Gasteiger partial charge in [0.1, 0.15) is 0 Å². The Bertz CT molecular complexity index is 211. The van der Waals surface area contributed by atoms with Crippen LogP contribution in [0, 0.1) is 12.3 Å². The predicted molar refractivity (Wildman–Crippen MR) is 53.1 cm³/mol. The lowest BCUT2D eigenvalue weighted by molar-refractivity contribution is 1.49. The van der Waals surface area contributed by atoms with Gasteiger partial charge in [-0.2, -0.15) is 0 Å². The summed E-state index contributed by atoms with van der Waals surface area (Å²) in [5.74, 6) is 3.17. The second-order valence-corrected chi connectivity index (χ2v) is 2.79. The normalized spacial score (nSPS) is 11.5. The van der Waals surface area contributed by atoms with Gasteiger partial charge in [-0.25, -0.2) is 0 Å². The Hall–Kier alpha value is -1.01. The maximum absolute atomic E-state index is 5.06. The van der Waals surface area contributed by atoms with E-state index >= 15 is 0 Å². The van der Waals surface area contributed by atoms with Crippen molar-refractivity contribution in [1.82, 2.24) is 0 Å². The van der Waals surface area contributed by atoms with E-state index in [0.29, 0.717) is 5.75 Å². The Labute approximate surface area is 71.5 Å². The van der Waals surface area contributed by atoms with E-state index < -0.39 is 0 Å². The highest BCUT2D eigenvalue weighted by atomic mass is 32.2. The van der Waals surface area contributed by atoms with E-state index in [1.165, 1.54) is 18.0 Å². The van der Waals surface area contributed by atoms with Crippen molar-refractivity contribution in [3.8, 4) is 12.3 Å². The minimum absolute atomic E-state index is 0.657. The van der Waals surface area contributed by atoms with Crippen molar-refractivity contribution in [3.05, 3.63) is 12.4 Å². The summed E-state index contributed by atoms with van der Waals surface area (Å²) < 4.78 is 0. The van der Waals surface area contributed by atoms with Gasteiger partial charge >= 0.3 is 0 Å². The molecular formula is C8H10N2S. The first-order valence-corrected chi connectivity index (χ1v) is 4.01. The van der Waals surface area contributed by atoms with Gasteiger partial charge in [0.2, 0.25) is 0 Å². The summed E-state index contributed by atoms with van der Waals surface area (Å²) in [4.78, 5) is 7.52. The van der Waals surface area contributed by atoms with Crippen molar-refractivity contribution >= 4 is 23.5 Å². The van der Waals surface area contributed by atoms with Crippen LogP contribution in [-0.2, 0) is 0 Å². The fourth-order valence-electron chi connectivity index (χ4n) is 0.369. The third-order valence-corrected chi connectivity index (χ3v) is 1.63. The first-order chi connectivity index (χ1) is 5.31. The van der Waals surface area contributed by atoms with Gasteiger partial charge in [-0.15, -0.1) is 6.42 Å². The van der Waals surface area contributed by atoms with Crippen molar-refractivity contribution in [2.45, 2.75) is 6.92 Å². The average molecular weight is 166 g/mol.